The monoisotopic (exact) mass is 379 g/mol. The van der Waals surface area contributed by atoms with Gasteiger partial charge in [0.05, 0.1) is 18.1 Å². The molecule has 1 aliphatic carbocycles. The van der Waals surface area contributed by atoms with Crippen LogP contribution in [0.15, 0.2) is 84.5 Å². The lowest BCUT2D eigenvalue weighted by atomic mass is 9.89. The number of aromatic nitrogens is 1. The normalized spacial score (nSPS) is 14.1. The van der Waals surface area contributed by atoms with E-state index in [0.717, 1.165) is 25.0 Å². The van der Waals surface area contributed by atoms with Crippen molar-refractivity contribution in [2.24, 2.45) is 0 Å². The predicted molar refractivity (Wildman–Crippen MR) is 123 cm³/mol. The van der Waals surface area contributed by atoms with Crippen molar-refractivity contribution in [1.82, 2.24) is 4.57 Å². The summed E-state index contributed by atoms with van der Waals surface area (Å²) in [6, 6.07) is 23.9. The fourth-order valence-electron chi connectivity index (χ4n) is 4.62. The van der Waals surface area contributed by atoms with Crippen LogP contribution in [0.1, 0.15) is 31.7 Å². The molecule has 0 bridgehead atoms. The lowest BCUT2D eigenvalue weighted by Crippen LogP contribution is -2.01. The first-order chi connectivity index (χ1) is 14.3. The summed E-state index contributed by atoms with van der Waals surface area (Å²) < 4.78 is 8.14. The summed E-state index contributed by atoms with van der Waals surface area (Å²) in [5.41, 5.74) is 7.68. The Hall–Kier alpha value is -3.26. The highest BCUT2D eigenvalue weighted by atomic mass is 16.5. The van der Waals surface area contributed by atoms with E-state index in [2.05, 4.69) is 90.4 Å². The van der Waals surface area contributed by atoms with E-state index in [1.807, 2.05) is 0 Å². The quantitative estimate of drug-likeness (QED) is 0.363. The van der Waals surface area contributed by atoms with Crippen LogP contribution in [0.4, 0.5) is 0 Å². The third-order valence-electron chi connectivity index (χ3n) is 6.00. The number of benzene rings is 3. The molecule has 1 aliphatic rings. The molecule has 144 valence electrons. The van der Waals surface area contributed by atoms with Gasteiger partial charge < -0.3 is 9.30 Å². The molecule has 4 aromatic rings. The molecular formula is C27H25NO. The van der Waals surface area contributed by atoms with Crippen LogP contribution in [0.5, 0.6) is 5.75 Å². The van der Waals surface area contributed by atoms with Gasteiger partial charge in [0.25, 0.3) is 0 Å². The first-order valence-corrected chi connectivity index (χ1v) is 10.4. The third-order valence-corrected chi connectivity index (χ3v) is 6.00. The number of para-hydroxylation sites is 2. The van der Waals surface area contributed by atoms with Crippen LogP contribution in [0.25, 0.3) is 33.1 Å². The molecule has 0 radical (unpaired) electrons. The highest BCUT2D eigenvalue weighted by Gasteiger charge is 2.17. The number of fused-ring (bicyclic) bond motifs is 3. The number of rotatable bonds is 4. The van der Waals surface area contributed by atoms with Crippen LogP contribution in [-0.2, 0) is 0 Å². The molecule has 0 N–H and O–H groups in total. The minimum Gasteiger partial charge on any atom is -0.496 e. The zero-order valence-corrected chi connectivity index (χ0v) is 17.0. The molecule has 0 unspecified atom stereocenters. The second-order valence-electron chi connectivity index (χ2n) is 7.55. The van der Waals surface area contributed by atoms with Crippen molar-refractivity contribution < 1.29 is 4.74 Å². The fourth-order valence-corrected chi connectivity index (χ4v) is 4.62. The predicted octanol–water partition coefficient (Wildman–Crippen LogP) is 7.31. The van der Waals surface area contributed by atoms with E-state index < -0.39 is 0 Å². The molecule has 1 aromatic heterocycles. The topological polar surface area (TPSA) is 14.2 Å². The largest absolute Gasteiger partial charge is 0.496 e. The summed E-state index contributed by atoms with van der Waals surface area (Å²) in [5, 5.41) is 2.57. The summed E-state index contributed by atoms with van der Waals surface area (Å²) >= 11 is 0. The highest BCUT2D eigenvalue weighted by Crippen LogP contribution is 2.38. The molecule has 29 heavy (non-hydrogen) atoms. The zero-order valence-electron chi connectivity index (χ0n) is 17.0. The molecule has 3 aromatic carbocycles. The van der Waals surface area contributed by atoms with E-state index in [1.54, 1.807) is 7.11 Å². The van der Waals surface area contributed by atoms with E-state index in [0.29, 0.717) is 0 Å². The molecule has 2 heteroatoms. The van der Waals surface area contributed by atoms with Gasteiger partial charge >= 0.3 is 0 Å². The van der Waals surface area contributed by atoms with Crippen LogP contribution >= 0.6 is 0 Å². The standard InChI is InChI=1S/C27H25NO/c1-3-19-10-4-5-11-21(19)24-18-20(16-17-27(24)29-2)28-25-14-8-6-12-22(25)23-13-7-9-15-26(23)28/h4,6-10,12-18H,3,5,11H2,1-2H3. The number of ether oxygens (including phenoxy) is 1. The van der Waals surface area contributed by atoms with Gasteiger partial charge in [0.2, 0.25) is 0 Å². The lowest BCUT2D eigenvalue weighted by molar-refractivity contribution is 0.413. The SMILES string of the molecule is CCC1=C(c2cc(-n3c4ccccc4c4ccccc43)ccc2OC)CCC=C1. The molecule has 0 spiro atoms. The van der Waals surface area contributed by atoms with Crippen molar-refractivity contribution in [3.63, 3.8) is 0 Å². The van der Waals surface area contributed by atoms with Crippen LogP contribution in [0.3, 0.4) is 0 Å². The van der Waals surface area contributed by atoms with Gasteiger partial charge in [-0.2, -0.15) is 0 Å². The van der Waals surface area contributed by atoms with Crippen LogP contribution in [-0.4, -0.2) is 11.7 Å². The van der Waals surface area contributed by atoms with Crippen molar-refractivity contribution in [2.75, 3.05) is 7.11 Å². The molecule has 2 nitrogen and oxygen atoms in total. The number of allylic oxidation sites excluding steroid dienone is 4. The van der Waals surface area contributed by atoms with E-state index in [4.69, 9.17) is 4.74 Å². The van der Waals surface area contributed by atoms with Gasteiger partial charge in [-0.3, -0.25) is 0 Å². The average Bonchev–Trinajstić information content (AvgIpc) is 3.13. The van der Waals surface area contributed by atoms with Gasteiger partial charge in [0.1, 0.15) is 5.75 Å². The molecule has 5 rings (SSSR count). The van der Waals surface area contributed by atoms with Crippen molar-refractivity contribution in [3.05, 3.63) is 90.0 Å². The van der Waals surface area contributed by atoms with Crippen molar-refractivity contribution >= 4 is 27.4 Å². The second kappa shape index (κ2) is 7.29. The van der Waals surface area contributed by atoms with Gasteiger partial charge in [-0.05, 0) is 60.7 Å². The molecule has 0 saturated heterocycles. The minimum atomic E-state index is 0.950. The number of hydrogen-bond donors (Lipinski definition) is 0. The Morgan fingerprint density at radius 1 is 0.897 bits per heavy atom. The van der Waals surface area contributed by atoms with Crippen LogP contribution < -0.4 is 4.74 Å². The van der Waals surface area contributed by atoms with E-state index in [-0.39, 0.29) is 0 Å². The van der Waals surface area contributed by atoms with Gasteiger partial charge in [0, 0.05) is 22.0 Å². The van der Waals surface area contributed by atoms with Crippen LogP contribution in [0.2, 0.25) is 0 Å². The minimum absolute atomic E-state index is 0.950. The summed E-state index contributed by atoms with van der Waals surface area (Å²) in [6.45, 7) is 2.23. The van der Waals surface area contributed by atoms with Crippen molar-refractivity contribution in [2.45, 2.75) is 26.2 Å². The van der Waals surface area contributed by atoms with E-state index >= 15 is 0 Å². The van der Waals surface area contributed by atoms with Gasteiger partial charge in [-0.1, -0.05) is 55.5 Å². The molecule has 0 aliphatic heterocycles. The van der Waals surface area contributed by atoms with E-state index in [9.17, 15) is 0 Å². The Balaban J connectivity index is 1.80. The molecule has 0 atom stereocenters. The second-order valence-corrected chi connectivity index (χ2v) is 7.55. The lowest BCUT2D eigenvalue weighted by Gasteiger charge is -2.19. The maximum absolute atomic E-state index is 5.77. The maximum Gasteiger partial charge on any atom is 0.126 e. The Morgan fingerprint density at radius 3 is 2.24 bits per heavy atom. The smallest absolute Gasteiger partial charge is 0.126 e. The summed E-state index contributed by atoms with van der Waals surface area (Å²) in [6.07, 6.45) is 7.75. The molecule has 0 saturated carbocycles. The highest BCUT2D eigenvalue weighted by molar-refractivity contribution is 6.09. The number of methoxy groups -OCH3 is 1. The molecule has 1 heterocycles. The fraction of sp³-hybridized carbons (Fsp3) is 0.185. The Labute approximate surface area is 171 Å². The molecular weight excluding hydrogens is 354 g/mol. The molecule has 0 amide bonds. The number of hydrogen-bond acceptors (Lipinski definition) is 1. The Bertz CT molecular complexity index is 1220. The van der Waals surface area contributed by atoms with Crippen molar-refractivity contribution in [1.29, 1.82) is 0 Å². The third kappa shape index (κ3) is 2.87. The Morgan fingerprint density at radius 2 is 1.59 bits per heavy atom. The average molecular weight is 380 g/mol. The first kappa shape index (κ1) is 17.8. The maximum atomic E-state index is 5.77. The van der Waals surface area contributed by atoms with Crippen molar-refractivity contribution in [3.8, 4) is 11.4 Å². The van der Waals surface area contributed by atoms with Gasteiger partial charge in [0.15, 0.2) is 0 Å². The van der Waals surface area contributed by atoms with Crippen LogP contribution in [0, 0.1) is 0 Å². The number of nitrogens with zero attached hydrogens (tertiary/aromatic N) is 1. The summed E-state index contributed by atoms with van der Waals surface area (Å²) in [7, 11) is 1.77. The summed E-state index contributed by atoms with van der Waals surface area (Å²) in [5.74, 6) is 0.950. The van der Waals surface area contributed by atoms with E-state index in [1.165, 1.54) is 44.2 Å². The first-order valence-electron chi connectivity index (χ1n) is 10.4. The van der Waals surface area contributed by atoms with Gasteiger partial charge in [-0.15, -0.1) is 0 Å². The van der Waals surface area contributed by atoms with Gasteiger partial charge in [-0.25, -0.2) is 0 Å². The molecule has 0 fully saturated rings. The Kier molecular flexibility index (Phi) is 4.48. The summed E-state index contributed by atoms with van der Waals surface area (Å²) in [4.78, 5) is 0. The zero-order chi connectivity index (χ0) is 19.8.